The van der Waals surface area contributed by atoms with Crippen LogP contribution in [0, 0.1) is 5.92 Å². The molecule has 0 radical (unpaired) electrons. The second-order valence-electron chi connectivity index (χ2n) is 6.75. The molecule has 0 saturated carbocycles. The van der Waals surface area contributed by atoms with E-state index < -0.39 is 0 Å². The van der Waals surface area contributed by atoms with Crippen molar-refractivity contribution in [3.05, 3.63) is 45.3 Å². The van der Waals surface area contributed by atoms with Crippen molar-refractivity contribution in [2.45, 2.75) is 43.9 Å². The van der Waals surface area contributed by atoms with Crippen molar-refractivity contribution in [1.82, 2.24) is 9.97 Å². The molecule has 0 fully saturated rings. The van der Waals surface area contributed by atoms with Crippen LogP contribution in [-0.2, 0) is 23.5 Å². The fourth-order valence-electron chi connectivity index (χ4n) is 3.14. The van der Waals surface area contributed by atoms with Crippen LogP contribution >= 0.6 is 34.7 Å². The third-order valence-electron chi connectivity index (χ3n) is 4.63. The summed E-state index contributed by atoms with van der Waals surface area (Å²) in [5, 5.41) is 2.47. The van der Waals surface area contributed by atoms with Gasteiger partial charge in [0.1, 0.15) is 10.6 Å². The molecule has 26 heavy (non-hydrogen) atoms. The monoisotopic (exact) mass is 405 g/mol. The lowest BCUT2D eigenvalue weighted by Crippen LogP contribution is -2.26. The Hall–Kier alpha value is -1.34. The van der Waals surface area contributed by atoms with Gasteiger partial charge in [0, 0.05) is 22.1 Å². The lowest BCUT2D eigenvalue weighted by molar-refractivity contribution is 0.00203. The summed E-state index contributed by atoms with van der Waals surface area (Å²) in [6.07, 6.45) is 1.11. The third kappa shape index (κ3) is 3.43. The Morgan fingerprint density at radius 2 is 2.15 bits per heavy atom. The maximum atomic E-state index is 6.32. The predicted molar refractivity (Wildman–Crippen MR) is 110 cm³/mol. The number of thiophene rings is 1. The van der Waals surface area contributed by atoms with Crippen LogP contribution in [0.1, 0.15) is 29.9 Å². The quantitative estimate of drug-likeness (QED) is 0.470. The van der Waals surface area contributed by atoms with Crippen molar-refractivity contribution in [3.8, 4) is 0 Å². The van der Waals surface area contributed by atoms with Gasteiger partial charge in [-0.2, -0.15) is 0 Å². The maximum Gasteiger partial charge on any atom is 0.191 e. The topological polar surface area (TPSA) is 61.0 Å². The number of halogens is 1. The molecule has 1 aliphatic rings. The first-order valence-corrected chi connectivity index (χ1v) is 10.8. The molecular weight excluding hydrogens is 386 g/mol. The van der Waals surface area contributed by atoms with Crippen molar-refractivity contribution in [2.75, 3.05) is 5.73 Å². The summed E-state index contributed by atoms with van der Waals surface area (Å²) in [7, 11) is 0. The number of nitrogen functional groups attached to an aromatic ring is 1. The highest BCUT2D eigenvalue weighted by atomic mass is 35.5. The number of fused-ring (bicyclic) bond motifs is 3. The van der Waals surface area contributed by atoms with Gasteiger partial charge in [-0.15, -0.1) is 11.3 Å². The number of thioether (sulfide) groups is 1. The van der Waals surface area contributed by atoms with Gasteiger partial charge >= 0.3 is 0 Å². The number of aromatic nitrogens is 2. The van der Waals surface area contributed by atoms with E-state index in [1.165, 1.54) is 10.4 Å². The molecule has 3 heterocycles. The highest BCUT2D eigenvalue weighted by Gasteiger charge is 2.27. The molecule has 0 spiro atoms. The largest absolute Gasteiger partial charge is 0.383 e. The molecule has 0 saturated heterocycles. The normalized spacial score (nSPS) is 17.0. The first kappa shape index (κ1) is 18.0. The van der Waals surface area contributed by atoms with E-state index in [-0.39, 0.29) is 6.10 Å². The zero-order chi connectivity index (χ0) is 18.3. The SMILES string of the molecule is CC(C)C1Cc2c(sc3nc(SCc4ccccc4Cl)nc(N)c23)CO1. The Kier molecular flexibility index (Phi) is 5.10. The van der Waals surface area contributed by atoms with Crippen molar-refractivity contribution < 1.29 is 4.74 Å². The average molecular weight is 406 g/mol. The van der Waals surface area contributed by atoms with Gasteiger partial charge in [0.2, 0.25) is 0 Å². The van der Waals surface area contributed by atoms with E-state index in [2.05, 4.69) is 18.8 Å². The Morgan fingerprint density at radius 3 is 2.92 bits per heavy atom. The number of hydrogen-bond acceptors (Lipinski definition) is 6. The van der Waals surface area contributed by atoms with Gasteiger partial charge in [-0.1, -0.05) is 55.4 Å². The molecule has 1 atom stereocenters. The van der Waals surface area contributed by atoms with E-state index in [9.17, 15) is 0 Å². The summed E-state index contributed by atoms with van der Waals surface area (Å²) < 4.78 is 5.99. The highest BCUT2D eigenvalue weighted by Crippen LogP contribution is 2.39. The molecule has 4 nitrogen and oxygen atoms in total. The maximum absolute atomic E-state index is 6.32. The van der Waals surface area contributed by atoms with Crippen molar-refractivity contribution in [1.29, 1.82) is 0 Å². The van der Waals surface area contributed by atoms with E-state index in [1.54, 1.807) is 23.1 Å². The van der Waals surface area contributed by atoms with Crippen LogP contribution in [0.15, 0.2) is 29.4 Å². The molecule has 0 amide bonds. The van der Waals surface area contributed by atoms with Crippen LogP contribution in [0.2, 0.25) is 5.02 Å². The highest BCUT2D eigenvalue weighted by molar-refractivity contribution is 7.98. The molecule has 4 rings (SSSR count). The number of anilines is 1. The van der Waals surface area contributed by atoms with Crippen LogP contribution in [0.25, 0.3) is 10.2 Å². The number of nitrogens with two attached hydrogens (primary N) is 1. The standard InChI is InChI=1S/C19H20ClN3OS2/c1-10(2)14-7-12-15(8-24-14)26-18-16(12)17(21)22-19(23-18)25-9-11-5-3-4-6-13(11)20/h3-6,10,14H,7-9H2,1-2H3,(H2,21,22,23). The molecule has 7 heteroatoms. The van der Waals surface area contributed by atoms with Gasteiger partial charge in [-0.3, -0.25) is 0 Å². The van der Waals surface area contributed by atoms with Gasteiger partial charge < -0.3 is 10.5 Å². The summed E-state index contributed by atoms with van der Waals surface area (Å²) in [5.41, 5.74) is 8.66. The summed E-state index contributed by atoms with van der Waals surface area (Å²) in [4.78, 5) is 11.5. The van der Waals surface area contributed by atoms with Crippen molar-refractivity contribution >= 4 is 50.7 Å². The average Bonchev–Trinajstić information content (AvgIpc) is 2.99. The van der Waals surface area contributed by atoms with E-state index in [0.29, 0.717) is 29.3 Å². The molecule has 0 aliphatic carbocycles. The molecule has 2 N–H and O–H groups in total. The molecule has 136 valence electrons. The minimum Gasteiger partial charge on any atom is -0.383 e. The van der Waals surface area contributed by atoms with Gasteiger partial charge in [0.05, 0.1) is 18.1 Å². The fraction of sp³-hybridized carbons (Fsp3) is 0.368. The fourth-order valence-corrected chi connectivity index (χ4v) is 5.46. The molecule has 1 unspecified atom stereocenters. The lowest BCUT2D eigenvalue weighted by atomic mass is 9.96. The van der Waals surface area contributed by atoms with E-state index in [0.717, 1.165) is 27.2 Å². The van der Waals surface area contributed by atoms with Crippen molar-refractivity contribution in [3.63, 3.8) is 0 Å². The smallest absolute Gasteiger partial charge is 0.191 e. The zero-order valence-electron chi connectivity index (χ0n) is 14.7. The van der Waals surface area contributed by atoms with Crippen LogP contribution in [-0.4, -0.2) is 16.1 Å². The Labute approximate surface area is 166 Å². The summed E-state index contributed by atoms with van der Waals surface area (Å²) in [6, 6.07) is 7.83. The number of benzene rings is 1. The van der Waals surface area contributed by atoms with E-state index in [1.807, 2.05) is 24.3 Å². The van der Waals surface area contributed by atoms with E-state index >= 15 is 0 Å². The minimum absolute atomic E-state index is 0.231. The molecule has 3 aromatic rings. The molecular formula is C19H20ClN3OS2. The predicted octanol–water partition coefficient (Wildman–Crippen LogP) is 5.32. The second kappa shape index (κ2) is 7.35. The van der Waals surface area contributed by atoms with Gasteiger partial charge in [-0.25, -0.2) is 9.97 Å². The van der Waals surface area contributed by atoms with Crippen LogP contribution in [0.3, 0.4) is 0 Å². The van der Waals surface area contributed by atoms with E-state index in [4.69, 9.17) is 27.1 Å². The minimum atomic E-state index is 0.231. The first-order chi connectivity index (χ1) is 12.5. The number of rotatable bonds is 4. The second-order valence-corrected chi connectivity index (χ2v) is 9.19. The molecule has 1 aromatic carbocycles. The zero-order valence-corrected chi connectivity index (χ0v) is 17.0. The Morgan fingerprint density at radius 1 is 1.35 bits per heavy atom. The van der Waals surface area contributed by atoms with Crippen LogP contribution in [0.4, 0.5) is 5.82 Å². The van der Waals surface area contributed by atoms with Crippen LogP contribution < -0.4 is 5.73 Å². The van der Waals surface area contributed by atoms with Gasteiger partial charge in [-0.05, 0) is 23.1 Å². The summed E-state index contributed by atoms with van der Waals surface area (Å²) >= 11 is 9.46. The molecule has 2 aromatic heterocycles. The third-order valence-corrected chi connectivity index (χ3v) is 7.00. The van der Waals surface area contributed by atoms with Gasteiger partial charge in [0.25, 0.3) is 0 Å². The Bertz CT molecular complexity index is 957. The number of hydrogen-bond donors (Lipinski definition) is 1. The van der Waals surface area contributed by atoms with Gasteiger partial charge in [0.15, 0.2) is 5.16 Å². The number of ether oxygens (including phenoxy) is 1. The Balaban J connectivity index is 1.63. The lowest BCUT2D eigenvalue weighted by Gasteiger charge is -2.26. The first-order valence-electron chi connectivity index (χ1n) is 8.58. The molecule has 0 bridgehead atoms. The molecule has 1 aliphatic heterocycles. The van der Waals surface area contributed by atoms with Crippen LogP contribution in [0.5, 0.6) is 0 Å². The number of nitrogens with zero attached hydrogens (tertiary/aromatic N) is 2. The summed E-state index contributed by atoms with van der Waals surface area (Å²) in [6.45, 7) is 5.02. The summed E-state index contributed by atoms with van der Waals surface area (Å²) in [5.74, 6) is 1.76. The van der Waals surface area contributed by atoms with Crippen molar-refractivity contribution in [2.24, 2.45) is 5.92 Å².